The Morgan fingerprint density at radius 2 is 1.93 bits per heavy atom. The molecule has 2 heteroatoms. The van der Waals surface area contributed by atoms with Gasteiger partial charge >= 0.3 is 0 Å². The predicted octanol–water partition coefficient (Wildman–Crippen LogP) is 1.72. The molecule has 0 aromatic carbocycles. The van der Waals surface area contributed by atoms with Crippen molar-refractivity contribution in [3.63, 3.8) is 0 Å². The van der Waals surface area contributed by atoms with E-state index in [0.717, 1.165) is 26.2 Å². The second-order valence-electron chi connectivity index (χ2n) is 4.23. The molecule has 1 heterocycles. The van der Waals surface area contributed by atoms with E-state index in [2.05, 4.69) is 23.4 Å². The van der Waals surface area contributed by atoms with Crippen molar-refractivity contribution in [2.75, 3.05) is 26.2 Å². The zero-order valence-electron chi connectivity index (χ0n) is 9.34. The number of nitrogens with zero attached hydrogens (tertiary/aromatic N) is 1. The van der Waals surface area contributed by atoms with Crippen LogP contribution in [0.2, 0.25) is 0 Å². The van der Waals surface area contributed by atoms with Crippen LogP contribution in [0.1, 0.15) is 12.8 Å². The van der Waals surface area contributed by atoms with E-state index in [1.165, 1.54) is 24.0 Å². The van der Waals surface area contributed by atoms with Gasteiger partial charge in [-0.1, -0.05) is 25.3 Å². The third-order valence-corrected chi connectivity index (χ3v) is 3.48. The molecule has 0 spiro atoms. The maximum absolute atomic E-state index is 3.94. The molecule has 0 aromatic rings. The van der Waals surface area contributed by atoms with Crippen LogP contribution in [0.25, 0.3) is 0 Å². The molecule has 1 aliphatic heterocycles. The summed E-state index contributed by atoms with van der Waals surface area (Å²) in [4.78, 5) is 2.57. The van der Waals surface area contributed by atoms with Crippen LogP contribution in [0, 0.1) is 0 Å². The Kier molecular flexibility index (Phi) is 3.39. The molecule has 2 rings (SSSR count). The fourth-order valence-electron chi connectivity index (χ4n) is 2.67. The van der Waals surface area contributed by atoms with Crippen molar-refractivity contribution < 1.29 is 0 Å². The average molecular weight is 204 g/mol. The van der Waals surface area contributed by atoms with Crippen LogP contribution < -0.4 is 5.32 Å². The summed E-state index contributed by atoms with van der Waals surface area (Å²) in [5, 5.41) is 3.39. The predicted molar refractivity (Wildman–Crippen MR) is 64.9 cm³/mol. The number of hydrogen-bond donors (Lipinski definition) is 1. The van der Waals surface area contributed by atoms with Crippen molar-refractivity contribution in [3.8, 4) is 0 Å². The van der Waals surface area contributed by atoms with Gasteiger partial charge in [-0.2, -0.15) is 0 Å². The van der Waals surface area contributed by atoms with Crippen LogP contribution in [0.5, 0.6) is 0 Å². The van der Waals surface area contributed by atoms with Crippen molar-refractivity contribution in [2.24, 2.45) is 0 Å². The van der Waals surface area contributed by atoms with E-state index >= 15 is 0 Å². The van der Waals surface area contributed by atoms with E-state index in [-0.39, 0.29) is 0 Å². The van der Waals surface area contributed by atoms with Crippen molar-refractivity contribution in [1.82, 2.24) is 10.2 Å². The molecule has 82 valence electrons. The number of allylic oxidation sites excluding steroid dienone is 2. The first-order valence-corrected chi connectivity index (χ1v) is 5.79. The molecule has 0 radical (unpaired) electrons. The van der Waals surface area contributed by atoms with Gasteiger partial charge in [0.05, 0.1) is 0 Å². The largest absolute Gasteiger partial charge is 0.314 e. The standard InChI is InChI=1S/C13H20N2/c1-3-11-5-6-13(12(11)4-2)15-9-7-14-8-10-15/h3-4,13-14H,1-2,5-10H2. The lowest BCUT2D eigenvalue weighted by atomic mass is 10.1. The Morgan fingerprint density at radius 3 is 2.53 bits per heavy atom. The molecule has 1 saturated heterocycles. The molecule has 1 aliphatic carbocycles. The van der Waals surface area contributed by atoms with Crippen LogP contribution in [0.4, 0.5) is 0 Å². The number of hydrogen-bond acceptors (Lipinski definition) is 2. The maximum atomic E-state index is 3.94. The molecule has 2 aliphatic rings. The molecule has 0 saturated carbocycles. The molecule has 1 atom stereocenters. The maximum Gasteiger partial charge on any atom is 0.0354 e. The molecular weight excluding hydrogens is 184 g/mol. The molecule has 0 aromatic heterocycles. The van der Waals surface area contributed by atoms with E-state index in [4.69, 9.17) is 0 Å². The molecule has 0 amide bonds. The van der Waals surface area contributed by atoms with E-state index in [1.54, 1.807) is 0 Å². The fourth-order valence-corrected chi connectivity index (χ4v) is 2.67. The molecule has 1 fully saturated rings. The van der Waals surface area contributed by atoms with Gasteiger partial charge in [0.25, 0.3) is 0 Å². The highest BCUT2D eigenvalue weighted by Crippen LogP contribution is 2.31. The molecule has 2 nitrogen and oxygen atoms in total. The molecular formula is C13H20N2. The van der Waals surface area contributed by atoms with Crippen molar-refractivity contribution in [3.05, 3.63) is 36.5 Å². The van der Waals surface area contributed by atoms with Gasteiger partial charge in [0.2, 0.25) is 0 Å². The Labute approximate surface area is 92.3 Å². The topological polar surface area (TPSA) is 15.3 Å². The van der Waals surface area contributed by atoms with Gasteiger partial charge in [0.1, 0.15) is 0 Å². The first-order chi connectivity index (χ1) is 7.36. The number of rotatable bonds is 3. The minimum Gasteiger partial charge on any atom is -0.314 e. The summed E-state index contributed by atoms with van der Waals surface area (Å²) in [6, 6.07) is 0.595. The van der Waals surface area contributed by atoms with Gasteiger partial charge in [0.15, 0.2) is 0 Å². The summed E-state index contributed by atoms with van der Waals surface area (Å²) < 4.78 is 0. The lowest BCUT2D eigenvalue weighted by Crippen LogP contribution is -2.48. The summed E-state index contributed by atoms with van der Waals surface area (Å²) in [5.74, 6) is 0. The molecule has 1 N–H and O–H groups in total. The summed E-state index contributed by atoms with van der Waals surface area (Å²) in [5.41, 5.74) is 2.81. The van der Waals surface area contributed by atoms with Gasteiger partial charge in [-0.15, -0.1) is 0 Å². The Morgan fingerprint density at radius 1 is 1.20 bits per heavy atom. The highest BCUT2D eigenvalue weighted by Gasteiger charge is 2.28. The molecule has 0 bridgehead atoms. The lowest BCUT2D eigenvalue weighted by Gasteiger charge is -2.33. The van der Waals surface area contributed by atoms with Gasteiger partial charge in [-0.25, -0.2) is 0 Å². The first kappa shape index (κ1) is 10.7. The quantitative estimate of drug-likeness (QED) is 0.753. The molecule has 15 heavy (non-hydrogen) atoms. The van der Waals surface area contributed by atoms with Gasteiger partial charge < -0.3 is 5.32 Å². The average Bonchev–Trinajstić information content (AvgIpc) is 2.72. The van der Waals surface area contributed by atoms with Gasteiger partial charge in [-0.3, -0.25) is 4.90 Å². The van der Waals surface area contributed by atoms with Crippen molar-refractivity contribution in [2.45, 2.75) is 18.9 Å². The van der Waals surface area contributed by atoms with E-state index in [9.17, 15) is 0 Å². The SMILES string of the molecule is C=CC1=C(C=C)C(N2CCNCC2)CC1. The van der Waals surface area contributed by atoms with Crippen LogP contribution >= 0.6 is 0 Å². The highest BCUT2D eigenvalue weighted by molar-refractivity contribution is 5.39. The lowest BCUT2D eigenvalue weighted by molar-refractivity contribution is 0.196. The highest BCUT2D eigenvalue weighted by atomic mass is 15.2. The third-order valence-electron chi connectivity index (χ3n) is 3.48. The first-order valence-electron chi connectivity index (χ1n) is 5.79. The monoisotopic (exact) mass is 204 g/mol. The minimum atomic E-state index is 0.595. The van der Waals surface area contributed by atoms with E-state index in [0.29, 0.717) is 6.04 Å². The zero-order chi connectivity index (χ0) is 10.7. The smallest absolute Gasteiger partial charge is 0.0354 e. The van der Waals surface area contributed by atoms with E-state index in [1.807, 2.05) is 12.2 Å². The molecule has 1 unspecified atom stereocenters. The Hall–Kier alpha value is -0.860. The Bertz CT molecular complexity index is 285. The minimum absolute atomic E-state index is 0.595. The van der Waals surface area contributed by atoms with Crippen molar-refractivity contribution >= 4 is 0 Å². The summed E-state index contributed by atoms with van der Waals surface area (Å²) in [6.07, 6.45) is 6.43. The third kappa shape index (κ3) is 2.06. The fraction of sp³-hybridized carbons (Fsp3) is 0.538. The second kappa shape index (κ2) is 4.77. The normalized spacial score (nSPS) is 28.1. The summed E-state index contributed by atoms with van der Waals surface area (Å²) in [6.45, 7) is 12.4. The van der Waals surface area contributed by atoms with Crippen LogP contribution in [-0.2, 0) is 0 Å². The van der Waals surface area contributed by atoms with Crippen LogP contribution in [0.15, 0.2) is 36.5 Å². The summed E-state index contributed by atoms with van der Waals surface area (Å²) in [7, 11) is 0. The van der Waals surface area contributed by atoms with Crippen LogP contribution in [0.3, 0.4) is 0 Å². The van der Waals surface area contributed by atoms with E-state index < -0.39 is 0 Å². The van der Waals surface area contributed by atoms with Gasteiger partial charge in [-0.05, 0) is 24.0 Å². The second-order valence-corrected chi connectivity index (χ2v) is 4.23. The van der Waals surface area contributed by atoms with Crippen molar-refractivity contribution in [1.29, 1.82) is 0 Å². The summed E-state index contributed by atoms with van der Waals surface area (Å²) >= 11 is 0. The van der Waals surface area contributed by atoms with Crippen LogP contribution in [-0.4, -0.2) is 37.1 Å². The number of piperazine rings is 1. The zero-order valence-corrected chi connectivity index (χ0v) is 9.34. The Balaban J connectivity index is 2.12. The van der Waals surface area contributed by atoms with Gasteiger partial charge in [0, 0.05) is 32.2 Å². The number of nitrogens with one attached hydrogen (secondary N) is 1.